The maximum atomic E-state index is 9.50. The molecule has 13 heavy (non-hydrogen) atoms. The molecule has 3 heteroatoms. The summed E-state index contributed by atoms with van der Waals surface area (Å²) in [6, 6.07) is 7.55. The van der Waals surface area contributed by atoms with E-state index < -0.39 is 12.2 Å². The van der Waals surface area contributed by atoms with E-state index in [0.717, 1.165) is 10.5 Å². The van der Waals surface area contributed by atoms with Gasteiger partial charge in [0.2, 0.25) is 0 Å². The highest BCUT2D eigenvalue weighted by molar-refractivity contribution is 7.98. The smallest absolute Gasteiger partial charge is 0.105 e. The summed E-state index contributed by atoms with van der Waals surface area (Å²) in [5.41, 5.74) is 0.757. The first kappa shape index (κ1) is 10.6. The molecule has 72 valence electrons. The van der Waals surface area contributed by atoms with Gasteiger partial charge in [0, 0.05) is 4.90 Å². The highest BCUT2D eigenvalue weighted by Gasteiger charge is 2.12. The lowest BCUT2D eigenvalue weighted by Gasteiger charge is -2.13. The van der Waals surface area contributed by atoms with Crippen molar-refractivity contribution in [3.8, 4) is 0 Å². The first-order chi connectivity index (χ1) is 6.15. The van der Waals surface area contributed by atoms with Crippen LogP contribution in [-0.2, 0) is 0 Å². The molecular weight excluding hydrogens is 184 g/mol. The third-order valence-electron chi connectivity index (χ3n) is 1.91. The summed E-state index contributed by atoms with van der Waals surface area (Å²) in [6.45, 7) is 1.58. The lowest BCUT2D eigenvalue weighted by molar-refractivity contribution is 0.0305. The van der Waals surface area contributed by atoms with Gasteiger partial charge in [-0.2, -0.15) is 0 Å². The fourth-order valence-electron chi connectivity index (χ4n) is 1.08. The van der Waals surface area contributed by atoms with Crippen molar-refractivity contribution in [1.29, 1.82) is 0 Å². The Morgan fingerprint density at radius 3 is 2.08 bits per heavy atom. The van der Waals surface area contributed by atoms with E-state index in [1.54, 1.807) is 18.7 Å². The molecular formula is C10H14O2S. The summed E-state index contributed by atoms with van der Waals surface area (Å²) in [4.78, 5) is 1.15. The molecule has 0 aliphatic carbocycles. The van der Waals surface area contributed by atoms with Gasteiger partial charge in [-0.15, -0.1) is 11.8 Å². The minimum atomic E-state index is -0.782. The van der Waals surface area contributed by atoms with E-state index in [-0.39, 0.29) is 0 Å². The molecule has 0 aliphatic heterocycles. The third kappa shape index (κ3) is 2.72. The quantitative estimate of drug-likeness (QED) is 0.728. The first-order valence-corrected chi connectivity index (χ1v) is 5.37. The van der Waals surface area contributed by atoms with Crippen LogP contribution in [0.25, 0.3) is 0 Å². The first-order valence-electron chi connectivity index (χ1n) is 4.15. The Morgan fingerprint density at radius 1 is 1.15 bits per heavy atom. The van der Waals surface area contributed by atoms with Crippen molar-refractivity contribution >= 4 is 11.8 Å². The molecule has 1 rings (SSSR count). The molecule has 2 atom stereocenters. The number of hydrogen-bond acceptors (Lipinski definition) is 3. The normalized spacial score (nSPS) is 15.4. The number of hydrogen-bond donors (Lipinski definition) is 2. The van der Waals surface area contributed by atoms with Crippen LogP contribution in [0.5, 0.6) is 0 Å². The van der Waals surface area contributed by atoms with Gasteiger partial charge in [0.05, 0.1) is 6.10 Å². The zero-order valence-corrected chi connectivity index (χ0v) is 8.58. The summed E-state index contributed by atoms with van der Waals surface area (Å²) in [5, 5.41) is 18.7. The molecule has 0 fully saturated rings. The number of aliphatic hydroxyl groups excluding tert-OH is 2. The van der Waals surface area contributed by atoms with Crippen LogP contribution in [0.1, 0.15) is 18.6 Å². The molecule has 2 nitrogen and oxygen atoms in total. The second-order valence-corrected chi connectivity index (χ2v) is 3.84. The Balaban J connectivity index is 2.79. The number of benzene rings is 1. The Bertz CT molecular complexity index is 256. The van der Waals surface area contributed by atoms with Gasteiger partial charge in [0.1, 0.15) is 6.10 Å². The molecule has 1 aromatic rings. The van der Waals surface area contributed by atoms with Gasteiger partial charge < -0.3 is 10.2 Å². The summed E-state index contributed by atoms with van der Waals surface area (Å²) >= 11 is 1.65. The van der Waals surface area contributed by atoms with E-state index in [1.807, 2.05) is 30.5 Å². The largest absolute Gasteiger partial charge is 0.390 e. The zero-order chi connectivity index (χ0) is 9.84. The van der Waals surface area contributed by atoms with Crippen LogP contribution in [0.15, 0.2) is 29.2 Å². The molecule has 0 amide bonds. The second kappa shape index (κ2) is 4.65. The Morgan fingerprint density at radius 2 is 1.69 bits per heavy atom. The molecule has 2 N–H and O–H groups in total. The predicted molar refractivity (Wildman–Crippen MR) is 54.9 cm³/mol. The number of aliphatic hydroxyl groups is 2. The third-order valence-corrected chi connectivity index (χ3v) is 2.66. The maximum absolute atomic E-state index is 9.50. The van der Waals surface area contributed by atoms with Crippen molar-refractivity contribution in [2.75, 3.05) is 6.26 Å². The molecule has 0 saturated heterocycles. The monoisotopic (exact) mass is 198 g/mol. The van der Waals surface area contributed by atoms with Crippen molar-refractivity contribution in [1.82, 2.24) is 0 Å². The van der Waals surface area contributed by atoms with Gasteiger partial charge in [0.15, 0.2) is 0 Å². The topological polar surface area (TPSA) is 40.5 Å². The van der Waals surface area contributed by atoms with Crippen LogP contribution in [0.4, 0.5) is 0 Å². The SMILES string of the molecule is CSc1ccc(C(O)C(C)O)cc1. The Kier molecular flexibility index (Phi) is 3.78. The molecule has 1 aromatic carbocycles. The highest BCUT2D eigenvalue weighted by Crippen LogP contribution is 2.20. The molecule has 0 saturated carbocycles. The minimum absolute atomic E-state index is 0.722. The number of thioether (sulfide) groups is 1. The van der Waals surface area contributed by atoms with Gasteiger partial charge in [-0.05, 0) is 30.9 Å². The van der Waals surface area contributed by atoms with Crippen LogP contribution < -0.4 is 0 Å². The van der Waals surface area contributed by atoms with Gasteiger partial charge in [-0.1, -0.05) is 12.1 Å². The molecule has 0 heterocycles. The summed E-state index contributed by atoms with van der Waals surface area (Å²) in [5.74, 6) is 0. The van der Waals surface area contributed by atoms with Crippen LogP contribution in [0, 0.1) is 0 Å². The second-order valence-electron chi connectivity index (χ2n) is 2.96. The van der Waals surface area contributed by atoms with Gasteiger partial charge in [-0.25, -0.2) is 0 Å². The molecule has 0 bridgehead atoms. The molecule has 2 unspecified atom stereocenters. The average Bonchev–Trinajstić information content (AvgIpc) is 2.17. The Labute approximate surface area is 82.6 Å². The minimum Gasteiger partial charge on any atom is -0.390 e. The van der Waals surface area contributed by atoms with Gasteiger partial charge >= 0.3 is 0 Å². The van der Waals surface area contributed by atoms with Crippen molar-refractivity contribution in [3.63, 3.8) is 0 Å². The van der Waals surface area contributed by atoms with Gasteiger partial charge in [0.25, 0.3) is 0 Å². The zero-order valence-electron chi connectivity index (χ0n) is 7.77. The standard InChI is InChI=1S/C10H14O2S/c1-7(11)10(12)8-3-5-9(13-2)6-4-8/h3-7,10-12H,1-2H3. The predicted octanol–water partition coefficient (Wildman–Crippen LogP) is 1.82. The van der Waals surface area contributed by atoms with Crippen molar-refractivity contribution in [2.45, 2.75) is 24.0 Å². The fraction of sp³-hybridized carbons (Fsp3) is 0.400. The van der Waals surface area contributed by atoms with E-state index in [9.17, 15) is 5.11 Å². The van der Waals surface area contributed by atoms with Crippen LogP contribution >= 0.6 is 11.8 Å². The maximum Gasteiger partial charge on any atom is 0.105 e. The van der Waals surface area contributed by atoms with E-state index >= 15 is 0 Å². The lowest BCUT2D eigenvalue weighted by Crippen LogP contribution is -2.13. The summed E-state index contributed by atoms with van der Waals surface area (Å²) in [7, 11) is 0. The van der Waals surface area contributed by atoms with E-state index in [1.165, 1.54) is 0 Å². The molecule has 0 radical (unpaired) electrons. The average molecular weight is 198 g/mol. The Hall–Kier alpha value is -0.510. The summed E-state index contributed by atoms with van der Waals surface area (Å²) < 4.78 is 0. The van der Waals surface area contributed by atoms with Crippen molar-refractivity contribution in [2.24, 2.45) is 0 Å². The van der Waals surface area contributed by atoms with Crippen molar-refractivity contribution in [3.05, 3.63) is 29.8 Å². The van der Waals surface area contributed by atoms with Crippen LogP contribution in [-0.4, -0.2) is 22.6 Å². The van der Waals surface area contributed by atoms with E-state index in [4.69, 9.17) is 5.11 Å². The number of rotatable bonds is 3. The molecule has 0 spiro atoms. The lowest BCUT2D eigenvalue weighted by atomic mass is 10.1. The van der Waals surface area contributed by atoms with Crippen molar-refractivity contribution < 1.29 is 10.2 Å². The summed E-state index contributed by atoms with van der Waals surface area (Å²) in [6.07, 6.45) is 0.496. The molecule has 0 aromatic heterocycles. The van der Waals surface area contributed by atoms with Crippen LogP contribution in [0.2, 0.25) is 0 Å². The van der Waals surface area contributed by atoms with E-state index in [0.29, 0.717) is 0 Å². The molecule has 0 aliphatic rings. The highest BCUT2D eigenvalue weighted by atomic mass is 32.2. The van der Waals surface area contributed by atoms with Gasteiger partial charge in [-0.3, -0.25) is 0 Å². The van der Waals surface area contributed by atoms with E-state index in [2.05, 4.69) is 0 Å². The van der Waals surface area contributed by atoms with Crippen LogP contribution in [0.3, 0.4) is 0 Å². The fourth-order valence-corrected chi connectivity index (χ4v) is 1.49.